The summed E-state index contributed by atoms with van der Waals surface area (Å²) in [6, 6.07) is 0. The molecule has 1 fully saturated rings. The molecule has 0 atom stereocenters. The monoisotopic (exact) mass is 221 g/mol. The van der Waals surface area contributed by atoms with Gasteiger partial charge in [-0.2, -0.15) is 0 Å². The molecule has 0 bridgehead atoms. The number of hydrogen-bond acceptors (Lipinski definition) is 3. The van der Waals surface area contributed by atoms with Gasteiger partial charge in [-0.1, -0.05) is 13.8 Å². The fourth-order valence-corrected chi connectivity index (χ4v) is 2.46. The van der Waals surface area contributed by atoms with E-state index in [0.717, 1.165) is 12.8 Å². The second kappa shape index (κ2) is 4.16. The number of nitrogens with one attached hydrogen (secondary N) is 1. The van der Waals surface area contributed by atoms with Gasteiger partial charge in [-0.15, -0.1) is 0 Å². The van der Waals surface area contributed by atoms with E-state index in [-0.39, 0.29) is 17.8 Å². The molecule has 84 valence electrons. The van der Waals surface area contributed by atoms with E-state index < -0.39 is 10.0 Å². The molecule has 1 rings (SSSR count). The van der Waals surface area contributed by atoms with E-state index in [9.17, 15) is 8.42 Å². The normalized spacial score (nSPS) is 20.0. The molecule has 14 heavy (non-hydrogen) atoms. The molecule has 0 heterocycles. The van der Waals surface area contributed by atoms with Crippen molar-refractivity contribution in [3.63, 3.8) is 0 Å². The molecular weight excluding hydrogens is 202 g/mol. The number of hydrogen-bond donors (Lipinski definition) is 2. The van der Waals surface area contributed by atoms with Crippen molar-refractivity contribution in [3.8, 4) is 0 Å². The third-order valence-electron chi connectivity index (χ3n) is 3.12. The highest BCUT2D eigenvalue weighted by atomic mass is 32.2. The van der Waals surface area contributed by atoms with Crippen LogP contribution in [0.4, 0.5) is 0 Å². The topological polar surface area (TPSA) is 66.4 Å². The van der Waals surface area contributed by atoms with Gasteiger partial charge in [0.05, 0.1) is 12.4 Å². The summed E-state index contributed by atoms with van der Waals surface area (Å²) in [7, 11) is -3.26. The van der Waals surface area contributed by atoms with Gasteiger partial charge in [-0.05, 0) is 24.2 Å². The van der Waals surface area contributed by atoms with Crippen molar-refractivity contribution in [1.29, 1.82) is 0 Å². The van der Waals surface area contributed by atoms with Crippen LogP contribution in [0.5, 0.6) is 0 Å². The first-order valence-corrected chi connectivity index (χ1v) is 6.65. The third-order valence-corrected chi connectivity index (χ3v) is 4.43. The molecule has 1 saturated carbocycles. The molecule has 0 saturated heterocycles. The summed E-state index contributed by atoms with van der Waals surface area (Å²) in [4.78, 5) is 0. The van der Waals surface area contributed by atoms with Gasteiger partial charge in [0.2, 0.25) is 10.0 Å². The van der Waals surface area contributed by atoms with Crippen molar-refractivity contribution in [2.45, 2.75) is 26.7 Å². The van der Waals surface area contributed by atoms with Crippen molar-refractivity contribution in [1.82, 2.24) is 4.72 Å². The van der Waals surface area contributed by atoms with Crippen LogP contribution >= 0.6 is 0 Å². The highest BCUT2D eigenvalue weighted by molar-refractivity contribution is 7.89. The van der Waals surface area contributed by atoms with Crippen LogP contribution in [-0.2, 0) is 10.0 Å². The lowest BCUT2D eigenvalue weighted by Crippen LogP contribution is -2.34. The molecule has 0 aliphatic heterocycles. The standard InChI is InChI=1S/C9H19NO3S/c1-8(2)9(3-4-9)7-10-14(12,13)6-5-11/h8,10-11H,3-7H2,1-2H3. The van der Waals surface area contributed by atoms with Crippen LogP contribution in [0.1, 0.15) is 26.7 Å². The van der Waals surface area contributed by atoms with Gasteiger partial charge in [-0.25, -0.2) is 13.1 Å². The molecule has 0 unspecified atom stereocenters. The Kier molecular flexibility index (Phi) is 3.55. The Morgan fingerprint density at radius 3 is 2.36 bits per heavy atom. The predicted molar refractivity (Wildman–Crippen MR) is 55.4 cm³/mol. The summed E-state index contributed by atoms with van der Waals surface area (Å²) in [5.41, 5.74) is 0.183. The van der Waals surface area contributed by atoms with Crippen molar-refractivity contribution in [2.24, 2.45) is 11.3 Å². The van der Waals surface area contributed by atoms with Gasteiger partial charge in [-0.3, -0.25) is 0 Å². The van der Waals surface area contributed by atoms with Gasteiger partial charge in [0.1, 0.15) is 0 Å². The van der Waals surface area contributed by atoms with Crippen LogP contribution in [0.3, 0.4) is 0 Å². The maximum Gasteiger partial charge on any atom is 0.213 e. The first-order valence-electron chi connectivity index (χ1n) is 5.00. The Hall–Kier alpha value is -0.130. The van der Waals surface area contributed by atoms with E-state index in [4.69, 9.17) is 5.11 Å². The lowest BCUT2D eigenvalue weighted by atomic mass is 9.93. The van der Waals surface area contributed by atoms with E-state index in [1.807, 2.05) is 0 Å². The predicted octanol–water partition coefficient (Wildman–Crippen LogP) is 0.334. The third kappa shape index (κ3) is 2.93. The molecule has 4 nitrogen and oxygen atoms in total. The lowest BCUT2D eigenvalue weighted by molar-refractivity contribution is 0.317. The Labute approximate surface area is 85.8 Å². The van der Waals surface area contributed by atoms with Crippen molar-refractivity contribution in [2.75, 3.05) is 18.9 Å². The second-order valence-corrected chi connectivity index (χ2v) is 6.31. The smallest absolute Gasteiger partial charge is 0.213 e. The first-order chi connectivity index (χ1) is 6.42. The minimum Gasteiger partial charge on any atom is -0.395 e. The SMILES string of the molecule is CC(C)C1(CNS(=O)(=O)CCO)CC1. The summed E-state index contributed by atoms with van der Waals surface area (Å²) >= 11 is 0. The van der Waals surface area contributed by atoms with Crippen LogP contribution in [-0.4, -0.2) is 32.4 Å². The minimum atomic E-state index is -3.26. The maximum atomic E-state index is 11.3. The average molecular weight is 221 g/mol. The minimum absolute atomic E-state index is 0.183. The zero-order valence-corrected chi connectivity index (χ0v) is 9.60. The highest BCUT2D eigenvalue weighted by Gasteiger charge is 2.45. The number of rotatable bonds is 6. The van der Waals surface area contributed by atoms with E-state index in [1.165, 1.54) is 0 Å². The molecule has 0 aromatic rings. The van der Waals surface area contributed by atoms with Crippen LogP contribution in [0.15, 0.2) is 0 Å². The Balaban J connectivity index is 2.41. The van der Waals surface area contributed by atoms with Crippen LogP contribution in [0, 0.1) is 11.3 Å². The molecule has 0 aromatic heterocycles. The molecule has 5 heteroatoms. The van der Waals surface area contributed by atoms with Crippen molar-refractivity contribution < 1.29 is 13.5 Å². The molecule has 2 N–H and O–H groups in total. The van der Waals surface area contributed by atoms with Crippen molar-refractivity contribution >= 4 is 10.0 Å². The molecule has 1 aliphatic rings. The highest BCUT2D eigenvalue weighted by Crippen LogP contribution is 2.51. The number of aliphatic hydroxyl groups is 1. The quantitative estimate of drug-likeness (QED) is 0.679. The number of sulfonamides is 1. The maximum absolute atomic E-state index is 11.3. The molecule has 0 radical (unpaired) electrons. The Morgan fingerprint density at radius 2 is 2.00 bits per heavy atom. The van der Waals surface area contributed by atoms with Gasteiger partial charge in [0, 0.05) is 6.54 Å². The molecule has 0 amide bonds. The molecule has 1 aliphatic carbocycles. The fourth-order valence-electron chi connectivity index (χ4n) is 1.56. The largest absolute Gasteiger partial charge is 0.395 e. The number of aliphatic hydroxyl groups excluding tert-OH is 1. The lowest BCUT2D eigenvalue weighted by Gasteiger charge is -2.19. The van der Waals surface area contributed by atoms with Crippen LogP contribution < -0.4 is 4.72 Å². The van der Waals surface area contributed by atoms with Crippen LogP contribution in [0.2, 0.25) is 0 Å². The van der Waals surface area contributed by atoms with E-state index in [2.05, 4.69) is 18.6 Å². The van der Waals surface area contributed by atoms with E-state index in [1.54, 1.807) is 0 Å². The second-order valence-electron chi connectivity index (χ2n) is 4.38. The molecule has 0 aromatic carbocycles. The van der Waals surface area contributed by atoms with Gasteiger partial charge >= 0.3 is 0 Å². The van der Waals surface area contributed by atoms with Crippen molar-refractivity contribution in [3.05, 3.63) is 0 Å². The fraction of sp³-hybridized carbons (Fsp3) is 1.00. The van der Waals surface area contributed by atoms with Gasteiger partial charge in [0.25, 0.3) is 0 Å². The average Bonchev–Trinajstić information content (AvgIpc) is 2.81. The van der Waals surface area contributed by atoms with Crippen LogP contribution in [0.25, 0.3) is 0 Å². The zero-order valence-electron chi connectivity index (χ0n) is 8.78. The van der Waals surface area contributed by atoms with E-state index in [0.29, 0.717) is 12.5 Å². The van der Waals surface area contributed by atoms with E-state index >= 15 is 0 Å². The summed E-state index contributed by atoms with van der Waals surface area (Å²) in [5.74, 6) is 0.320. The summed E-state index contributed by atoms with van der Waals surface area (Å²) < 4.78 is 25.1. The first kappa shape index (κ1) is 11.9. The summed E-state index contributed by atoms with van der Waals surface area (Å²) in [5, 5.41) is 8.54. The molecule has 0 spiro atoms. The Bertz CT molecular complexity index is 280. The Morgan fingerprint density at radius 1 is 1.43 bits per heavy atom. The van der Waals surface area contributed by atoms with Gasteiger partial charge in [0.15, 0.2) is 0 Å². The van der Waals surface area contributed by atoms with Gasteiger partial charge < -0.3 is 5.11 Å². The molecular formula is C9H19NO3S. The zero-order chi connectivity index (χ0) is 10.8. The summed E-state index contributed by atoms with van der Waals surface area (Å²) in [6.07, 6.45) is 2.21. The summed E-state index contributed by atoms with van der Waals surface area (Å²) in [6.45, 7) is 4.44.